The van der Waals surface area contributed by atoms with Crippen molar-refractivity contribution in [1.82, 2.24) is 4.90 Å². The predicted molar refractivity (Wildman–Crippen MR) is 111 cm³/mol. The SMILES string of the molecule is COCCCN1C(=O)S/C(=C/c2cc(Br)c(Sc3ccc(Cl)cc3)o2)C1=O. The number of nitrogens with zero attached hydrogens (tertiary/aromatic N) is 1. The molecule has 0 N–H and O–H groups in total. The van der Waals surface area contributed by atoms with Crippen LogP contribution in [0.5, 0.6) is 0 Å². The van der Waals surface area contributed by atoms with Crippen molar-refractivity contribution in [1.29, 1.82) is 0 Å². The van der Waals surface area contributed by atoms with Crippen molar-refractivity contribution >= 4 is 68.3 Å². The highest BCUT2D eigenvalue weighted by Crippen LogP contribution is 2.38. The van der Waals surface area contributed by atoms with Gasteiger partial charge in [-0.15, -0.1) is 0 Å². The molecule has 9 heteroatoms. The van der Waals surface area contributed by atoms with E-state index in [0.717, 1.165) is 21.1 Å². The van der Waals surface area contributed by atoms with Gasteiger partial charge < -0.3 is 9.15 Å². The Kier molecular flexibility index (Phi) is 7.10. The first-order chi connectivity index (χ1) is 13.0. The van der Waals surface area contributed by atoms with Crippen LogP contribution in [0.25, 0.3) is 6.08 Å². The van der Waals surface area contributed by atoms with Crippen LogP contribution in [-0.2, 0) is 9.53 Å². The first-order valence-corrected chi connectivity index (χ1v) is 10.8. The molecular weight excluding hydrogens is 474 g/mol. The quantitative estimate of drug-likeness (QED) is 0.356. The van der Waals surface area contributed by atoms with E-state index in [1.807, 2.05) is 12.1 Å². The predicted octanol–water partition coefficient (Wildman–Crippen LogP) is 5.92. The summed E-state index contributed by atoms with van der Waals surface area (Å²) in [6.45, 7) is 0.840. The zero-order valence-electron chi connectivity index (χ0n) is 14.2. The minimum Gasteiger partial charge on any atom is -0.449 e. The van der Waals surface area contributed by atoms with Crippen molar-refractivity contribution in [3.8, 4) is 0 Å². The zero-order chi connectivity index (χ0) is 19.4. The average molecular weight is 489 g/mol. The van der Waals surface area contributed by atoms with Crippen molar-refractivity contribution in [2.45, 2.75) is 16.4 Å². The van der Waals surface area contributed by atoms with Gasteiger partial charge in [-0.1, -0.05) is 23.4 Å². The molecule has 27 heavy (non-hydrogen) atoms. The van der Waals surface area contributed by atoms with Gasteiger partial charge in [0.25, 0.3) is 11.1 Å². The molecule has 1 saturated heterocycles. The van der Waals surface area contributed by atoms with Crippen LogP contribution in [0.3, 0.4) is 0 Å². The van der Waals surface area contributed by atoms with E-state index in [1.165, 1.54) is 16.7 Å². The summed E-state index contributed by atoms with van der Waals surface area (Å²) in [7, 11) is 1.59. The smallest absolute Gasteiger partial charge is 0.293 e. The largest absolute Gasteiger partial charge is 0.449 e. The van der Waals surface area contributed by atoms with Crippen LogP contribution in [0.15, 0.2) is 54.1 Å². The molecule has 142 valence electrons. The van der Waals surface area contributed by atoms with Crippen molar-refractivity contribution in [3.63, 3.8) is 0 Å². The number of hydrogen-bond acceptors (Lipinski definition) is 6. The lowest BCUT2D eigenvalue weighted by Gasteiger charge is -2.11. The van der Waals surface area contributed by atoms with Gasteiger partial charge in [-0.25, -0.2) is 0 Å². The van der Waals surface area contributed by atoms with Crippen molar-refractivity contribution < 1.29 is 18.7 Å². The van der Waals surface area contributed by atoms with Gasteiger partial charge in [0.05, 0.1) is 9.38 Å². The van der Waals surface area contributed by atoms with Crippen LogP contribution < -0.4 is 0 Å². The lowest BCUT2D eigenvalue weighted by Crippen LogP contribution is -2.29. The zero-order valence-corrected chi connectivity index (χ0v) is 18.2. The number of amides is 2. The second-order valence-electron chi connectivity index (χ2n) is 5.52. The van der Waals surface area contributed by atoms with E-state index in [-0.39, 0.29) is 11.1 Å². The average Bonchev–Trinajstić information content (AvgIpc) is 3.11. The monoisotopic (exact) mass is 487 g/mol. The molecule has 0 aliphatic carbocycles. The van der Waals surface area contributed by atoms with Crippen LogP contribution in [0.2, 0.25) is 5.02 Å². The number of halogens is 2. The lowest BCUT2D eigenvalue weighted by atomic mass is 10.3. The Morgan fingerprint density at radius 3 is 2.78 bits per heavy atom. The van der Waals surface area contributed by atoms with Crippen LogP contribution in [0.1, 0.15) is 12.2 Å². The minimum absolute atomic E-state index is 0.274. The third-order valence-corrected chi connectivity index (χ3v) is 6.58. The number of imide groups is 1. The van der Waals surface area contributed by atoms with Gasteiger partial charge in [-0.2, -0.15) is 0 Å². The maximum absolute atomic E-state index is 12.4. The molecule has 1 aromatic heterocycles. The van der Waals surface area contributed by atoms with Gasteiger partial charge in [0.15, 0.2) is 5.09 Å². The lowest BCUT2D eigenvalue weighted by molar-refractivity contribution is -0.122. The maximum Gasteiger partial charge on any atom is 0.293 e. The van der Waals surface area contributed by atoms with E-state index in [2.05, 4.69) is 15.9 Å². The Bertz CT molecular complexity index is 882. The molecule has 5 nitrogen and oxygen atoms in total. The number of carbonyl (C=O) groups excluding carboxylic acids is 2. The number of furan rings is 1. The van der Waals surface area contributed by atoms with Crippen molar-refractivity contribution in [3.05, 3.63) is 50.5 Å². The molecule has 1 fully saturated rings. The van der Waals surface area contributed by atoms with E-state index >= 15 is 0 Å². The third kappa shape index (κ3) is 5.20. The van der Waals surface area contributed by atoms with E-state index < -0.39 is 0 Å². The summed E-state index contributed by atoms with van der Waals surface area (Å²) in [5, 5.41) is 1.05. The molecular formula is C18H15BrClNO4S2. The number of ether oxygens (including phenoxy) is 1. The fourth-order valence-electron chi connectivity index (χ4n) is 2.31. The first kappa shape index (κ1) is 20.5. The minimum atomic E-state index is -0.305. The van der Waals surface area contributed by atoms with Crippen LogP contribution in [-0.4, -0.2) is 36.3 Å². The van der Waals surface area contributed by atoms with Crippen LogP contribution in [0.4, 0.5) is 4.79 Å². The van der Waals surface area contributed by atoms with Crippen molar-refractivity contribution in [2.75, 3.05) is 20.3 Å². The highest BCUT2D eigenvalue weighted by Gasteiger charge is 2.34. The Hall–Kier alpha value is -1.19. The van der Waals surface area contributed by atoms with Gasteiger partial charge in [0, 0.05) is 36.3 Å². The molecule has 0 saturated carbocycles. The van der Waals surface area contributed by atoms with E-state index in [4.69, 9.17) is 20.8 Å². The molecule has 0 radical (unpaired) electrons. The second kappa shape index (κ2) is 9.34. The number of benzene rings is 1. The summed E-state index contributed by atoms with van der Waals surface area (Å²) < 4.78 is 11.6. The molecule has 0 atom stereocenters. The first-order valence-electron chi connectivity index (χ1n) is 7.95. The van der Waals surface area contributed by atoms with Gasteiger partial charge in [0.1, 0.15) is 5.76 Å². The van der Waals surface area contributed by atoms with Crippen LogP contribution >= 0.6 is 51.1 Å². The second-order valence-corrected chi connectivity index (χ2v) is 8.85. The molecule has 1 aliphatic rings. The topological polar surface area (TPSA) is 59.8 Å². The molecule has 3 rings (SSSR count). The van der Waals surface area contributed by atoms with Gasteiger partial charge in [0.2, 0.25) is 0 Å². The highest BCUT2D eigenvalue weighted by molar-refractivity contribution is 9.10. The number of carbonyl (C=O) groups is 2. The summed E-state index contributed by atoms with van der Waals surface area (Å²) in [5.74, 6) is 0.196. The van der Waals surface area contributed by atoms with Gasteiger partial charge >= 0.3 is 0 Å². The van der Waals surface area contributed by atoms with Crippen LogP contribution in [0, 0.1) is 0 Å². The fraction of sp³-hybridized carbons (Fsp3) is 0.222. The Labute approximate surface area is 178 Å². The summed E-state index contributed by atoms with van der Waals surface area (Å²) in [6, 6.07) is 9.18. The molecule has 0 spiro atoms. The molecule has 2 aromatic rings. The summed E-state index contributed by atoms with van der Waals surface area (Å²) >= 11 is 11.7. The summed E-state index contributed by atoms with van der Waals surface area (Å²) in [5.41, 5.74) is 0. The normalized spacial score (nSPS) is 16.0. The fourth-order valence-corrected chi connectivity index (χ4v) is 4.61. The molecule has 2 heterocycles. The Morgan fingerprint density at radius 2 is 2.07 bits per heavy atom. The number of thioether (sulfide) groups is 1. The number of hydrogen-bond donors (Lipinski definition) is 0. The molecule has 1 aliphatic heterocycles. The molecule has 0 bridgehead atoms. The number of rotatable bonds is 7. The van der Waals surface area contributed by atoms with Crippen molar-refractivity contribution in [2.24, 2.45) is 0 Å². The highest BCUT2D eigenvalue weighted by atomic mass is 79.9. The third-order valence-electron chi connectivity index (χ3n) is 3.58. The maximum atomic E-state index is 12.4. The summed E-state index contributed by atoms with van der Waals surface area (Å²) in [4.78, 5) is 27.0. The molecule has 1 aromatic carbocycles. The van der Waals surface area contributed by atoms with Gasteiger partial charge in [-0.05, 0) is 64.4 Å². The van der Waals surface area contributed by atoms with E-state index in [9.17, 15) is 9.59 Å². The molecule has 2 amide bonds. The van der Waals surface area contributed by atoms with E-state index in [1.54, 1.807) is 31.4 Å². The number of methoxy groups -OCH3 is 1. The standard InChI is InChI=1S/C18H15BrClNO4S2/c1-24-8-2-7-21-16(22)15(27-18(21)23)10-12-9-14(19)17(25-12)26-13-5-3-11(20)4-6-13/h3-6,9-10H,2,7-8H2,1H3/b15-10+. The van der Waals surface area contributed by atoms with Gasteiger partial charge in [-0.3, -0.25) is 14.5 Å². The van der Waals surface area contributed by atoms with E-state index in [0.29, 0.717) is 40.4 Å². The molecule has 0 unspecified atom stereocenters. The Balaban J connectivity index is 1.73. The Morgan fingerprint density at radius 1 is 1.33 bits per heavy atom. The summed E-state index contributed by atoms with van der Waals surface area (Å²) in [6.07, 6.45) is 2.20.